The number of ether oxygens (including phenoxy) is 3. The van der Waals surface area contributed by atoms with Gasteiger partial charge in [0.15, 0.2) is 11.5 Å². The summed E-state index contributed by atoms with van der Waals surface area (Å²) in [6.07, 6.45) is 0. The third kappa shape index (κ3) is 2.11. The van der Waals surface area contributed by atoms with Gasteiger partial charge in [0.2, 0.25) is 0 Å². The molecule has 70 valence electrons. The Balaban J connectivity index is 2.98. The van der Waals surface area contributed by atoms with Crippen molar-refractivity contribution in [1.82, 2.24) is 0 Å². The number of carbonyl (C=O) groups is 1. The summed E-state index contributed by atoms with van der Waals surface area (Å²) in [6, 6.07) is 4.86. The fourth-order valence-corrected chi connectivity index (χ4v) is 0.945. The van der Waals surface area contributed by atoms with Crippen molar-refractivity contribution in [3.63, 3.8) is 0 Å². The van der Waals surface area contributed by atoms with Gasteiger partial charge in [-0.05, 0) is 12.1 Å². The topological polar surface area (TPSA) is 44.8 Å². The normalized spacial score (nSPS) is 9.08. The summed E-state index contributed by atoms with van der Waals surface area (Å²) in [6.45, 7) is 0.362. The van der Waals surface area contributed by atoms with E-state index in [0.717, 1.165) is 0 Å². The maximum absolute atomic E-state index is 10.0. The minimum Gasteiger partial charge on any atom is -0.493 e. The van der Waals surface area contributed by atoms with Crippen LogP contribution in [0.15, 0.2) is 18.2 Å². The number of carbonyl (C=O) groups excluding carboxylic acids is 1. The molecule has 1 rings (SSSR count). The lowest BCUT2D eigenvalue weighted by molar-refractivity contribution is -0.120. The minimum atomic E-state index is 0.362. The summed E-state index contributed by atoms with van der Waals surface area (Å²) in [7, 11) is 3.06. The highest BCUT2D eigenvalue weighted by molar-refractivity contribution is 5.50. The molecule has 0 aliphatic rings. The monoisotopic (exact) mass is 182 g/mol. The predicted molar refractivity (Wildman–Crippen MR) is 46.2 cm³/mol. The molecule has 0 radical (unpaired) electrons. The molecule has 0 aromatic heterocycles. The zero-order valence-corrected chi connectivity index (χ0v) is 7.44. The summed E-state index contributed by atoms with van der Waals surface area (Å²) in [4.78, 5) is 10.0. The zero-order valence-electron chi connectivity index (χ0n) is 7.44. The second kappa shape index (κ2) is 4.35. The molecule has 0 aliphatic carbocycles. The Bertz CT molecular complexity index is 296. The highest BCUT2D eigenvalue weighted by atomic mass is 16.5. The van der Waals surface area contributed by atoms with Gasteiger partial charge < -0.3 is 14.2 Å². The first kappa shape index (κ1) is 9.38. The van der Waals surface area contributed by atoms with E-state index in [0.29, 0.717) is 23.7 Å². The predicted octanol–water partition coefficient (Wildman–Crippen LogP) is 1.24. The van der Waals surface area contributed by atoms with Crippen molar-refractivity contribution in [2.75, 3.05) is 14.2 Å². The van der Waals surface area contributed by atoms with Crippen molar-refractivity contribution in [2.45, 2.75) is 0 Å². The first-order valence-electron chi connectivity index (χ1n) is 3.64. The summed E-state index contributed by atoms with van der Waals surface area (Å²) in [5, 5.41) is 0. The van der Waals surface area contributed by atoms with Gasteiger partial charge in [-0.15, -0.1) is 0 Å². The maximum Gasteiger partial charge on any atom is 0.298 e. The van der Waals surface area contributed by atoms with Crippen LogP contribution in [0.1, 0.15) is 0 Å². The van der Waals surface area contributed by atoms with E-state index in [-0.39, 0.29) is 0 Å². The van der Waals surface area contributed by atoms with Crippen LogP contribution in [0.2, 0.25) is 0 Å². The number of benzene rings is 1. The Hall–Kier alpha value is -1.71. The molecule has 0 saturated heterocycles. The van der Waals surface area contributed by atoms with Crippen LogP contribution in [0.25, 0.3) is 0 Å². The quantitative estimate of drug-likeness (QED) is 0.657. The van der Waals surface area contributed by atoms with Gasteiger partial charge in [0, 0.05) is 6.07 Å². The molecule has 1 aromatic rings. The van der Waals surface area contributed by atoms with E-state index in [2.05, 4.69) is 4.74 Å². The molecule has 4 heteroatoms. The minimum absolute atomic E-state index is 0.362. The van der Waals surface area contributed by atoms with Crippen molar-refractivity contribution < 1.29 is 19.0 Å². The van der Waals surface area contributed by atoms with Gasteiger partial charge in [-0.1, -0.05) is 0 Å². The lowest BCUT2D eigenvalue weighted by atomic mass is 10.3. The lowest BCUT2D eigenvalue weighted by Gasteiger charge is -2.07. The first-order valence-corrected chi connectivity index (χ1v) is 3.64. The molecule has 0 saturated carbocycles. The third-order valence-corrected chi connectivity index (χ3v) is 1.54. The molecule has 0 unspecified atom stereocenters. The molecule has 0 atom stereocenters. The van der Waals surface area contributed by atoms with Crippen molar-refractivity contribution in [3.8, 4) is 17.2 Å². The van der Waals surface area contributed by atoms with Crippen molar-refractivity contribution in [3.05, 3.63) is 18.2 Å². The van der Waals surface area contributed by atoms with Gasteiger partial charge >= 0.3 is 0 Å². The van der Waals surface area contributed by atoms with Crippen molar-refractivity contribution >= 4 is 6.47 Å². The van der Waals surface area contributed by atoms with Crippen LogP contribution in [0.5, 0.6) is 17.2 Å². The standard InChI is InChI=1S/C9H10O4/c1-11-8-4-3-7(13-6-10)5-9(8)12-2/h3-6H,1-2H3. The number of hydrogen-bond acceptors (Lipinski definition) is 4. The second-order valence-corrected chi connectivity index (χ2v) is 2.23. The van der Waals surface area contributed by atoms with Gasteiger partial charge in [-0.3, -0.25) is 4.79 Å². The van der Waals surface area contributed by atoms with Gasteiger partial charge in [-0.25, -0.2) is 0 Å². The SMILES string of the molecule is COc1ccc(OC=O)cc1OC. The van der Waals surface area contributed by atoms with Crippen molar-refractivity contribution in [1.29, 1.82) is 0 Å². The fourth-order valence-electron chi connectivity index (χ4n) is 0.945. The molecule has 0 N–H and O–H groups in total. The van der Waals surface area contributed by atoms with E-state index in [1.54, 1.807) is 18.2 Å². The van der Waals surface area contributed by atoms with Crippen LogP contribution in [0.3, 0.4) is 0 Å². The molecule has 0 fully saturated rings. The Morgan fingerprint density at radius 2 is 1.85 bits per heavy atom. The molecule has 0 spiro atoms. The number of rotatable bonds is 4. The molecule has 0 amide bonds. The van der Waals surface area contributed by atoms with E-state index in [1.165, 1.54) is 14.2 Å². The summed E-state index contributed by atoms with van der Waals surface area (Å²) in [5.74, 6) is 1.55. The van der Waals surface area contributed by atoms with E-state index >= 15 is 0 Å². The van der Waals surface area contributed by atoms with E-state index < -0.39 is 0 Å². The maximum atomic E-state index is 10.0. The van der Waals surface area contributed by atoms with Crippen LogP contribution in [-0.4, -0.2) is 20.7 Å². The summed E-state index contributed by atoms with van der Waals surface area (Å²) < 4.78 is 14.6. The van der Waals surface area contributed by atoms with Crippen LogP contribution in [0, 0.1) is 0 Å². The number of methoxy groups -OCH3 is 2. The Labute approximate surface area is 76.0 Å². The molecule has 0 aliphatic heterocycles. The largest absolute Gasteiger partial charge is 0.493 e. The van der Waals surface area contributed by atoms with Gasteiger partial charge in [-0.2, -0.15) is 0 Å². The van der Waals surface area contributed by atoms with E-state index in [4.69, 9.17) is 9.47 Å². The average Bonchev–Trinajstić information content (AvgIpc) is 2.18. The zero-order chi connectivity index (χ0) is 9.68. The molecular weight excluding hydrogens is 172 g/mol. The van der Waals surface area contributed by atoms with Gasteiger partial charge in [0.1, 0.15) is 5.75 Å². The third-order valence-electron chi connectivity index (χ3n) is 1.54. The van der Waals surface area contributed by atoms with E-state index in [1.807, 2.05) is 0 Å². The fraction of sp³-hybridized carbons (Fsp3) is 0.222. The molecule has 13 heavy (non-hydrogen) atoms. The van der Waals surface area contributed by atoms with E-state index in [9.17, 15) is 4.79 Å². The lowest BCUT2D eigenvalue weighted by Crippen LogP contribution is -1.93. The molecule has 0 heterocycles. The Kier molecular flexibility index (Phi) is 3.14. The van der Waals surface area contributed by atoms with Crippen LogP contribution < -0.4 is 14.2 Å². The van der Waals surface area contributed by atoms with Crippen LogP contribution >= 0.6 is 0 Å². The molecular formula is C9H10O4. The van der Waals surface area contributed by atoms with Crippen molar-refractivity contribution in [2.24, 2.45) is 0 Å². The molecule has 1 aromatic carbocycles. The second-order valence-electron chi connectivity index (χ2n) is 2.23. The number of hydrogen-bond donors (Lipinski definition) is 0. The van der Waals surface area contributed by atoms with Crippen LogP contribution in [0.4, 0.5) is 0 Å². The summed E-state index contributed by atoms with van der Waals surface area (Å²) >= 11 is 0. The Morgan fingerprint density at radius 1 is 1.15 bits per heavy atom. The van der Waals surface area contributed by atoms with Gasteiger partial charge in [0.25, 0.3) is 6.47 Å². The highest BCUT2D eigenvalue weighted by Gasteiger charge is 2.04. The first-order chi connectivity index (χ1) is 6.31. The smallest absolute Gasteiger partial charge is 0.298 e. The summed E-state index contributed by atoms with van der Waals surface area (Å²) in [5.41, 5.74) is 0. The van der Waals surface area contributed by atoms with Gasteiger partial charge in [0.05, 0.1) is 14.2 Å². The Morgan fingerprint density at radius 3 is 2.38 bits per heavy atom. The highest BCUT2D eigenvalue weighted by Crippen LogP contribution is 2.30. The van der Waals surface area contributed by atoms with Crippen LogP contribution in [-0.2, 0) is 4.79 Å². The average molecular weight is 182 g/mol. The molecule has 0 bridgehead atoms. The molecule has 4 nitrogen and oxygen atoms in total.